The number of carbonyl (C=O) groups excluding carboxylic acids is 2. The van der Waals surface area contributed by atoms with Crippen LogP contribution in [0.5, 0.6) is 0 Å². The van der Waals surface area contributed by atoms with E-state index in [0.717, 1.165) is 17.3 Å². The summed E-state index contributed by atoms with van der Waals surface area (Å²) in [6, 6.07) is 18.0. The van der Waals surface area contributed by atoms with Crippen LogP contribution in [0, 0.1) is 0 Å². The van der Waals surface area contributed by atoms with E-state index in [9.17, 15) is 9.59 Å². The first-order valence-electron chi connectivity index (χ1n) is 8.36. The molecule has 1 saturated heterocycles. The molecule has 1 aliphatic rings. The number of hydrogen-bond acceptors (Lipinski definition) is 4. The van der Waals surface area contributed by atoms with Gasteiger partial charge < -0.3 is 4.42 Å². The van der Waals surface area contributed by atoms with Crippen molar-refractivity contribution in [1.29, 1.82) is 0 Å². The van der Waals surface area contributed by atoms with Crippen LogP contribution in [0.2, 0.25) is 10.0 Å². The standard InChI is InChI=1S/C21H13Cl2NO3S/c22-15-6-3-5-13(10-15)18-9-8-16(27-18)11-19-20(25)24(21(26)28-19)12-14-4-1-2-7-17(14)23/h1-11H,12H2/b19-11-. The summed E-state index contributed by atoms with van der Waals surface area (Å²) in [6.45, 7) is 0.133. The third-order valence-electron chi connectivity index (χ3n) is 4.17. The minimum Gasteiger partial charge on any atom is -0.457 e. The molecule has 0 unspecified atom stereocenters. The fraction of sp³-hybridized carbons (Fsp3) is 0.0476. The predicted molar refractivity (Wildman–Crippen MR) is 112 cm³/mol. The van der Waals surface area contributed by atoms with Gasteiger partial charge in [0, 0.05) is 21.7 Å². The second-order valence-corrected chi connectivity index (χ2v) is 7.91. The molecule has 3 aromatic rings. The van der Waals surface area contributed by atoms with Crippen LogP contribution < -0.4 is 0 Å². The number of thioether (sulfide) groups is 1. The van der Waals surface area contributed by atoms with Gasteiger partial charge in [-0.05, 0) is 47.7 Å². The Morgan fingerprint density at radius 1 is 1.00 bits per heavy atom. The lowest BCUT2D eigenvalue weighted by molar-refractivity contribution is -0.123. The third kappa shape index (κ3) is 3.87. The maximum absolute atomic E-state index is 12.7. The van der Waals surface area contributed by atoms with Crippen molar-refractivity contribution in [2.45, 2.75) is 6.54 Å². The number of amides is 2. The lowest BCUT2D eigenvalue weighted by atomic mass is 10.2. The molecular formula is C21H13Cl2NO3S. The molecule has 28 heavy (non-hydrogen) atoms. The van der Waals surface area contributed by atoms with Gasteiger partial charge in [0.15, 0.2) is 0 Å². The molecule has 0 spiro atoms. The van der Waals surface area contributed by atoms with Crippen LogP contribution >= 0.6 is 35.0 Å². The molecule has 4 nitrogen and oxygen atoms in total. The van der Waals surface area contributed by atoms with Crippen molar-refractivity contribution >= 4 is 52.2 Å². The van der Waals surface area contributed by atoms with Crippen molar-refractivity contribution in [3.8, 4) is 11.3 Å². The summed E-state index contributed by atoms with van der Waals surface area (Å²) in [6.07, 6.45) is 1.57. The van der Waals surface area contributed by atoms with Gasteiger partial charge in [0.25, 0.3) is 11.1 Å². The van der Waals surface area contributed by atoms with Crippen LogP contribution in [-0.2, 0) is 11.3 Å². The molecule has 0 radical (unpaired) electrons. The monoisotopic (exact) mass is 429 g/mol. The van der Waals surface area contributed by atoms with Gasteiger partial charge in [-0.3, -0.25) is 14.5 Å². The summed E-state index contributed by atoms with van der Waals surface area (Å²) in [5.74, 6) is 0.748. The third-order valence-corrected chi connectivity index (χ3v) is 5.68. The van der Waals surface area contributed by atoms with Crippen LogP contribution in [-0.4, -0.2) is 16.0 Å². The second-order valence-electron chi connectivity index (χ2n) is 6.07. The Balaban J connectivity index is 1.55. The topological polar surface area (TPSA) is 50.5 Å². The molecule has 2 aromatic carbocycles. The van der Waals surface area contributed by atoms with Gasteiger partial charge >= 0.3 is 0 Å². The van der Waals surface area contributed by atoms with Crippen molar-refractivity contribution in [2.75, 3.05) is 0 Å². The summed E-state index contributed by atoms with van der Waals surface area (Å²) < 4.78 is 5.79. The number of hydrogen-bond donors (Lipinski definition) is 0. The zero-order chi connectivity index (χ0) is 19.7. The van der Waals surface area contributed by atoms with E-state index in [2.05, 4.69) is 0 Å². The molecule has 1 fully saturated rings. The molecule has 0 bridgehead atoms. The zero-order valence-electron chi connectivity index (χ0n) is 14.4. The van der Waals surface area contributed by atoms with Crippen LogP contribution in [0.15, 0.2) is 70.0 Å². The zero-order valence-corrected chi connectivity index (χ0v) is 16.7. The number of imide groups is 1. The molecule has 1 aromatic heterocycles. The first-order chi connectivity index (χ1) is 13.5. The van der Waals surface area contributed by atoms with Gasteiger partial charge in [-0.15, -0.1) is 0 Å². The molecule has 1 aliphatic heterocycles. The molecule has 140 valence electrons. The van der Waals surface area contributed by atoms with E-state index < -0.39 is 0 Å². The van der Waals surface area contributed by atoms with Gasteiger partial charge in [0.05, 0.1) is 11.4 Å². The Kier molecular flexibility index (Phi) is 5.31. The summed E-state index contributed by atoms with van der Waals surface area (Å²) >= 11 is 13.0. The molecule has 4 rings (SSSR count). The predicted octanol–water partition coefficient (Wildman–Crippen LogP) is 6.49. The van der Waals surface area contributed by atoms with E-state index in [1.54, 1.807) is 48.5 Å². The Morgan fingerprint density at radius 3 is 2.61 bits per heavy atom. The van der Waals surface area contributed by atoms with Crippen LogP contribution in [0.1, 0.15) is 11.3 Å². The Bertz CT molecular complexity index is 1110. The molecule has 0 atom stereocenters. The smallest absolute Gasteiger partial charge is 0.293 e. The molecule has 0 N–H and O–H groups in total. The van der Waals surface area contributed by atoms with E-state index in [-0.39, 0.29) is 17.7 Å². The summed E-state index contributed by atoms with van der Waals surface area (Å²) in [5.41, 5.74) is 1.55. The van der Waals surface area contributed by atoms with E-state index in [4.69, 9.17) is 27.6 Å². The quantitative estimate of drug-likeness (QED) is 0.444. The summed E-state index contributed by atoms with van der Waals surface area (Å²) in [4.78, 5) is 26.5. The van der Waals surface area contributed by atoms with Gasteiger partial charge in [-0.2, -0.15) is 0 Å². The summed E-state index contributed by atoms with van der Waals surface area (Å²) in [7, 11) is 0. The minimum atomic E-state index is -0.365. The number of halogens is 2. The maximum Gasteiger partial charge on any atom is 0.293 e. The highest BCUT2D eigenvalue weighted by atomic mass is 35.5. The number of nitrogens with zero attached hydrogens (tertiary/aromatic N) is 1. The number of furan rings is 1. The van der Waals surface area contributed by atoms with Crippen molar-refractivity contribution in [1.82, 2.24) is 4.90 Å². The number of benzene rings is 2. The van der Waals surface area contributed by atoms with E-state index >= 15 is 0 Å². The highest BCUT2D eigenvalue weighted by Gasteiger charge is 2.35. The fourth-order valence-corrected chi connectivity index (χ4v) is 3.99. The van der Waals surface area contributed by atoms with Crippen molar-refractivity contribution in [2.24, 2.45) is 0 Å². The van der Waals surface area contributed by atoms with Crippen LogP contribution in [0.4, 0.5) is 4.79 Å². The second kappa shape index (κ2) is 7.87. The molecule has 0 saturated carbocycles. The molecule has 7 heteroatoms. The van der Waals surface area contributed by atoms with E-state index in [1.165, 1.54) is 4.90 Å². The normalized spacial score (nSPS) is 15.6. The summed E-state index contributed by atoms with van der Waals surface area (Å²) in [5, 5.41) is 0.789. The van der Waals surface area contributed by atoms with Gasteiger partial charge in [-0.1, -0.05) is 53.5 Å². The van der Waals surface area contributed by atoms with Gasteiger partial charge in [0.2, 0.25) is 0 Å². The molecule has 2 heterocycles. The Morgan fingerprint density at radius 2 is 1.82 bits per heavy atom. The first-order valence-corrected chi connectivity index (χ1v) is 9.93. The Hall–Kier alpha value is -2.47. The average molecular weight is 430 g/mol. The maximum atomic E-state index is 12.7. The Labute approximate surface area is 175 Å². The minimum absolute atomic E-state index is 0.133. The van der Waals surface area contributed by atoms with Crippen molar-refractivity contribution in [3.05, 3.63) is 86.9 Å². The van der Waals surface area contributed by atoms with Crippen molar-refractivity contribution in [3.63, 3.8) is 0 Å². The van der Waals surface area contributed by atoms with Crippen LogP contribution in [0.3, 0.4) is 0 Å². The molecule has 0 aliphatic carbocycles. The van der Waals surface area contributed by atoms with Gasteiger partial charge in [0.1, 0.15) is 11.5 Å². The van der Waals surface area contributed by atoms with Crippen molar-refractivity contribution < 1.29 is 14.0 Å². The average Bonchev–Trinajstić information content (AvgIpc) is 3.24. The molecule has 2 amide bonds. The lowest BCUT2D eigenvalue weighted by Gasteiger charge is -2.13. The molecular weight excluding hydrogens is 417 g/mol. The highest BCUT2D eigenvalue weighted by molar-refractivity contribution is 8.18. The van der Waals surface area contributed by atoms with E-state index in [1.807, 2.05) is 18.2 Å². The van der Waals surface area contributed by atoms with E-state index in [0.29, 0.717) is 32.0 Å². The first kappa shape index (κ1) is 18.9. The fourth-order valence-electron chi connectivity index (χ4n) is 2.79. The van der Waals surface area contributed by atoms with Crippen LogP contribution in [0.25, 0.3) is 17.4 Å². The SMILES string of the molecule is O=C1S/C(=C\c2ccc(-c3cccc(Cl)c3)o2)C(=O)N1Cc1ccccc1Cl. The number of carbonyl (C=O) groups is 2. The largest absolute Gasteiger partial charge is 0.457 e. The lowest BCUT2D eigenvalue weighted by Crippen LogP contribution is -2.27. The van der Waals surface area contributed by atoms with Gasteiger partial charge in [-0.25, -0.2) is 0 Å². The number of rotatable bonds is 4. The highest BCUT2D eigenvalue weighted by Crippen LogP contribution is 2.35.